The average molecular weight is 176 g/mol. The molecule has 0 amide bonds. The molecular formula is C8H16O2S. The van der Waals surface area contributed by atoms with Gasteiger partial charge in [-0.25, -0.2) is 0 Å². The second kappa shape index (κ2) is 4.78. The number of hydrogen-bond donors (Lipinski definition) is 1. The van der Waals surface area contributed by atoms with Crippen molar-refractivity contribution < 1.29 is 9.90 Å². The number of aliphatic hydroxyl groups excluding tert-OH is 1. The Kier molecular flexibility index (Phi) is 4.77. The summed E-state index contributed by atoms with van der Waals surface area (Å²) in [5.41, 5.74) is -0.0392. The number of rotatable bonds is 4. The van der Waals surface area contributed by atoms with Crippen molar-refractivity contribution >= 4 is 16.9 Å². The third kappa shape index (κ3) is 6.38. The zero-order valence-corrected chi connectivity index (χ0v) is 8.20. The minimum Gasteiger partial charge on any atom is -0.396 e. The maximum atomic E-state index is 10.5. The molecule has 0 aromatic rings. The molecule has 3 heteroatoms. The molecule has 0 rings (SSSR count). The van der Waals surface area contributed by atoms with E-state index in [0.29, 0.717) is 0 Å². The van der Waals surface area contributed by atoms with Crippen LogP contribution in [0.3, 0.4) is 0 Å². The molecule has 66 valence electrons. The fraction of sp³-hybridized carbons (Fsp3) is 0.875. The zero-order chi connectivity index (χ0) is 8.91. The van der Waals surface area contributed by atoms with E-state index in [1.54, 1.807) is 6.92 Å². The van der Waals surface area contributed by atoms with Crippen molar-refractivity contribution in [3.63, 3.8) is 0 Å². The van der Waals surface area contributed by atoms with Crippen LogP contribution >= 0.6 is 11.8 Å². The summed E-state index contributed by atoms with van der Waals surface area (Å²) < 4.78 is 0. The van der Waals surface area contributed by atoms with Crippen molar-refractivity contribution in [3.8, 4) is 0 Å². The highest BCUT2D eigenvalue weighted by Crippen LogP contribution is 2.21. The Morgan fingerprint density at radius 3 is 2.45 bits per heavy atom. The predicted molar refractivity (Wildman–Crippen MR) is 48.6 cm³/mol. The van der Waals surface area contributed by atoms with E-state index in [2.05, 4.69) is 0 Å². The summed E-state index contributed by atoms with van der Waals surface area (Å²) in [6.07, 6.45) is 0.883. The first-order valence-electron chi connectivity index (χ1n) is 3.72. The van der Waals surface area contributed by atoms with Crippen LogP contribution in [-0.4, -0.2) is 22.6 Å². The standard InChI is InChI=1S/C8H16O2S/c1-7(10)11-5-4-8(2,3)6-9/h9H,4-6H2,1-3H3. The van der Waals surface area contributed by atoms with E-state index in [-0.39, 0.29) is 17.1 Å². The van der Waals surface area contributed by atoms with Crippen LogP contribution in [0, 0.1) is 5.41 Å². The van der Waals surface area contributed by atoms with E-state index in [1.807, 2.05) is 13.8 Å². The lowest BCUT2D eigenvalue weighted by atomic mass is 9.92. The van der Waals surface area contributed by atoms with Gasteiger partial charge in [0.1, 0.15) is 0 Å². The fourth-order valence-electron chi connectivity index (χ4n) is 0.550. The molecule has 0 saturated heterocycles. The van der Waals surface area contributed by atoms with Crippen molar-refractivity contribution in [3.05, 3.63) is 0 Å². The maximum Gasteiger partial charge on any atom is 0.185 e. The first kappa shape index (κ1) is 11.0. The Morgan fingerprint density at radius 1 is 1.55 bits per heavy atom. The van der Waals surface area contributed by atoms with Crippen LogP contribution in [0.5, 0.6) is 0 Å². The Bertz CT molecular complexity index is 132. The van der Waals surface area contributed by atoms with Gasteiger partial charge in [0.2, 0.25) is 0 Å². The van der Waals surface area contributed by atoms with E-state index in [4.69, 9.17) is 5.11 Å². The summed E-state index contributed by atoms with van der Waals surface area (Å²) in [6.45, 7) is 5.74. The molecule has 0 heterocycles. The van der Waals surface area contributed by atoms with Gasteiger partial charge in [-0.1, -0.05) is 25.6 Å². The Morgan fingerprint density at radius 2 is 2.09 bits per heavy atom. The van der Waals surface area contributed by atoms with Crippen LogP contribution in [0.25, 0.3) is 0 Å². The Balaban J connectivity index is 3.45. The maximum absolute atomic E-state index is 10.5. The van der Waals surface area contributed by atoms with Crippen LogP contribution in [0.15, 0.2) is 0 Å². The molecule has 0 saturated carbocycles. The average Bonchev–Trinajstić information content (AvgIpc) is 1.87. The Labute approximate surface area is 72.4 Å². The molecule has 0 unspecified atom stereocenters. The number of thioether (sulfide) groups is 1. The van der Waals surface area contributed by atoms with Crippen molar-refractivity contribution in [2.75, 3.05) is 12.4 Å². The number of hydrogen-bond acceptors (Lipinski definition) is 3. The summed E-state index contributed by atoms with van der Waals surface area (Å²) in [6, 6.07) is 0. The minimum atomic E-state index is -0.0392. The van der Waals surface area contributed by atoms with E-state index < -0.39 is 0 Å². The molecule has 0 aliphatic heterocycles. The largest absolute Gasteiger partial charge is 0.396 e. The predicted octanol–water partition coefficient (Wildman–Crippen LogP) is 1.67. The smallest absolute Gasteiger partial charge is 0.185 e. The van der Waals surface area contributed by atoms with E-state index in [1.165, 1.54) is 11.8 Å². The third-order valence-corrected chi connectivity index (χ3v) is 2.33. The molecule has 0 bridgehead atoms. The van der Waals surface area contributed by atoms with Gasteiger partial charge in [0.15, 0.2) is 5.12 Å². The number of aliphatic hydroxyl groups is 1. The molecule has 0 fully saturated rings. The summed E-state index contributed by atoms with van der Waals surface area (Å²) in [5.74, 6) is 0.808. The van der Waals surface area contributed by atoms with Crippen molar-refractivity contribution in [1.82, 2.24) is 0 Å². The van der Waals surface area contributed by atoms with Gasteiger partial charge in [-0.05, 0) is 11.8 Å². The third-order valence-electron chi connectivity index (χ3n) is 1.51. The summed E-state index contributed by atoms with van der Waals surface area (Å²) in [5, 5.41) is 9.02. The van der Waals surface area contributed by atoms with Gasteiger partial charge >= 0.3 is 0 Å². The second-order valence-electron chi connectivity index (χ2n) is 3.41. The zero-order valence-electron chi connectivity index (χ0n) is 7.39. The molecule has 2 nitrogen and oxygen atoms in total. The number of carbonyl (C=O) groups excluding carboxylic acids is 1. The molecule has 0 aromatic carbocycles. The van der Waals surface area contributed by atoms with Gasteiger partial charge < -0.3 is 5.11 Å². The molecular weight excluding hydrogens is 160 g/mol. The van der Waals surface area contributed by atoms with Crippen molar-refractivity contribution in [2.24, 2.45) is 5.41 Å². The van der Waals surface area contributed by atoms with Crippen molar-refractivity contribution in [1.29, 1.82) is 0 Å². The SMILES string of the molecule is CC(=O)SCCC(C)(C)CO. The molecule has 11 heavy (non-hydrogen) atoms. The van der Waals surface area contributed by atoms with E-state index in [0.717, 1.165) is 12.2 Å². The quantitative estimate of drug-likeness (QED) is 0.708. The topological polar surface area (TPSA) is 37.3 Å². The molecule has 0 atom stereocenters. The van der Waals surface area contributed by atoms with Crippen LogP contribution in [-0.2, 0) is 4.79 Å². The highest BCUT2D eigenvalue weighted by molar-refractivity contribution is 8.13. The van der Waals surface area contributed by atoms with Gasteiger partial charge in [-0.3, -0.25) is 4.79 Å². The lowest BCUT2D eigenvalue weighted by Crippen LogP contribution is -2.17. The molecule has 0 radical (unpaired) electrons. The van der Waals surface area contributed by atoms with Gasteiger partial charge in [0.25, 0.3) is 0 Å². The van der Waals surface area contributed by atoms with Crippen LogP contribution in [0.2, 0.25) is 0 Å². The lowest BCUT2D eigenvalue weighted by molar-refractivity contribution is -0.109. The summed E-state index contributed by atoms with van der Waals surface area (Å²) in [4.78, 5) is 10.5. The van der Waals surface area contributed by atoms with Gasteiger partial charge in [-0.15, -0.1) is 0 Å². The molecule has 0 aliphatic carbocycles. The highest BCUT2D eigenvalue weighted by Gasteiger charge is 2.15. The minimum absolute atomic E-state index is 0.0392. The van der Waals surface area contributed by atoms with Crippen LogP contribution in [0.1, 0.15) is 27.2 Å². The second-order valence-corrected chi connectivity index (χ2v) is 4.68. The van der Waals surface area contributed by atoms with Gasteiger partial charge in [0, 0.05) is 19.3 Å². The first-order chi connectivity index (χ1) is 4.98. The van der Waals surface area contributed by atoms with Crippen molar-refractivity contribution in [2.45, 2.75) is 27.2 Å². The summed E-state index contributed by atoms with van der Waals surface area (Å²) >= 11 is 1.32. The molecule has 0 spiro atoms. The monoisotopic (exact) mass is 176 g/mol. The van der Waals surface area contributed by atoms with Gasteiger partial charge in [0.05, 0.1) is 0 Å². The van der Waals surface area contributed by atoms with E-state index >= 15 is 0 Å². The lowest BCUT2D eigenvalue weighted by Gasteiger charge is -2.20. The Hall–Kier alpha value is -0.0200. The first-order valence-corrected chi connectivity index (χ1v) is 4.71. The normalized spacial score (nSPS) is 11.6. The van der Waals surface area contributed by atoms with Crippen LogP contribution in [0.4, 0.5) is 0 Å². The summed E-state index contributed by atoms with van der Waals surface area (Å²) in [7, 11) is 0. The van der Waals surface area contributed by atoms with Gasteiger partial charge in [-0.2, -0.15) is 0 Å². The molecule has 0 aromatic heterocycles. The number of carbonyl (C=O) groups is 1. The van der Waals surface area contributed by atoms with Crippen LogP contribution < -0.4 is 0 Å². The highest BCUT2D eigenvalue weighted by atomic mass is 32.2. The molecule has 1 N–H and O–H groups in total. The van der Waals surface area contributed by atoms with E-state index in [9.17, 15) is 4.79 Å². The fourth-order valence-corrected chi connectivity index (χ4v) is 1.49. The molecule has 0 aliphatic rings.